The van der Waals surface area contributed by atoms with E-state index in [-0.39, 0.29) is 5.54 Å². The molecule has 1 heterocycles. The van der Waals surface area contributed by atoms with Crippen LogP contribution in [0.2, 0.25) is 0 Å². The van der Waals surface area contributed by atoms with Crippen molar-refractivity contribution in [3.63, 3.8) is 0 Å². The van der Waals surface area contributed by atoms with Crippen molar-refractivity contribution in [3.8, 4) is 0 Å². The van der Waals surface area contributed by atoms with Gasteiger partial charge in [-0.3, -0.25) is 4.98 Å². The van der Waals surface area contributed by atoms with Crippen LogP contribution in [0.15, 0.2) is 18.3 Å². The first kappa shape index (κ1) is 12.2. The third kappa shape index (κ3) is 4.43. The number of aromatic nitrogens is 1. The minimum atomic E-state index is 0.203. The van der Waals surface area contributed by atoms with Gasteiger partial charge in [-0.15, -0.1) is 0 Å². The highest BCUT2D eigenvalue weighted by Crippen LogP contribution is 2.07. The molecule has 1 rings (SSSR count). The van der Waals surface area contributed by atoms with E-state index in [1.807, 2.05) is 12.3 Å². The lowest BCUT2D eigenvalue weighted by Gasteiger charge is -2.20. The lowest BCUT2D eigenvalue weighted by Crippen LogP contribution is -2.37. The number of hydrogen-bond acceptors (Lipinski definition) is 2. The van der Waals surface area contributed by atoms with Gasteiger partial charge in [-0.25, -0.2) is 0 Å². The minimum absolute atomic E-state index is 0.203. The molecular weight excluding hydrogens is 184 g/mol. The van der Waals surface area contributed by atoms with E-state index in [1.165, 1.54) is 11.3 Å². The van der Waals surface area contributed by atoms with E-state index in [9.17, 15) is 0 Å². The van der Waals surface area contributed by atoms with E-state index in [1.54, 1.807) is 0 Å². The van der Waals surface area contributed by atoms with Crippen LogP contribution in [0.3, 0.4) is 0 Å². The molecular formula is C13H22N2. The Morgan fingerprint density at radius 3 is 2.67 bits per heavy atom. The first-order valence-corrected chi connectivity index (χ1v) is 5.70. The number of nitrogens with one attached hydrogen (secondary N) is 1. The van der Waals surface area contributed by atoms with Crippen LogP contribution < -0.4 is 5.32 Å². The third-order valence-electron chi connectivity index (χ3n) is 2.37. The summed E-state index contributed by atoms with van der Waals surface area (Å²) in [7, 11) is 0. The second-order valence-electron chi connectivity index (χ2n) is 4.89. The topological polar surface area (TPSA) is 24.9 Å². The Kier molecular flexibility index (Phi) is 4.28. The summed E-state index contributed by atoms with van der Waals surface area (Å²) in [6.45, 7) is 9.75. The van der Waals surface area contributed by atoms with Gasteiger partial charge in [0.1, 0.15) is 0 Å². The number of aryl methyl sites for hydroxylation is 1. The molecule has 0 saturated heterocycles. The molecule has 0 saturated carbocycles. The first-order chi connectivity index (χ1) is 7.03. The lowest BCUT2D eigenvalue weighted by atomic mass is 10.1. The molecule has 0 unspecified atom stereocenters. The molecule has 1 aromatic heterocycles. The largest absolute Gasteiger partial charge is 0.312 e. The zero-order chi connectivity index (χ0) is 11.3. The van der Waals surface area contributed by atoms with Gasteiger partial charge in [-0.05, 0) is 51.8 Å². The molecule has 0 radical (unpaired) electrons. The summed E-state index contributed by atoms with van der Waals surface area (Å²) in [6, 6.07) is 4.20. The highest BCUT2D eigenvalue weighted by molar-refractivity contribution is 5.20. The smallest absolute Gasteiger partial charge is 0.0433 e. The summed E-state index contributed by atoms with van der Waals surface area (Å²) in [6.07, 6.45) is 3.96. The number of rotatable bonds is 4. The van der Waals surface area contributed by atoms with Gasteiger partial charge in [0.05, 0.1) is 0 Å². The molecule has 0 atom stereocenters. The summed E-state index contributed by atoms with van der Waals surface area (Å²) in [5.41, 5.74) is 2.80. The van der Waals surface area contributed by atoms with Crippen LogP contribution in [0.4, 0.5) is 0 Å². The fraction of sp³-hybridized carbons (Fsp3) is 0.615. The first-order valence-electron chi connectivity index (χ1n) is 5.70. The zero-order valence-corrected chi connectivity index (χ0v) is 10.3. The number of pyridine rings is 1. The number of hydrogen-bond donors (Lipinski definition) is 1. The second-order valence-corrected chi connectivity index (χ2v) is 4.89. The van der Waals surface area contributed by atoms with E-state index < -0.39 is 0 Å². The van der Waals surface area contributed by atoms with Gasteiger partial charge in [-0.2, -0.15) is 0 Å². The van der Waals surface area contributed by atoms with Crippen LogP contribution in [0, 0.1) is 0 Å². The van der Waals surface area contributed by atoms with E-state index in [4.69, 9.17) is 0 Å². The van der Waals surface area contributed by atoms with Crippen LogP contribution in [-0.4, -0.2) is 17.1 Å². The quantitative estimate of drug-likeness (QED) is 0.819. The van der Waals surface area contributed by atoms with Crippen LogP contribution in [0.25, 0.3) is 0 Å². The van der Waals surface area contributed by atoms with Crippen LogP contribution in [0.5, 0.6) is 0 Å². The molecule has 2 heteroatoms. The molecule has 0 aliphatic rings. The highest BCUT2D eigenvalue weighted by Gasteiger charge is 2.08. The summed E-state index contributed by atoms with van der Waals surface area (Å²) < 4.78 is 0. The van der Waals surface area contributed by atoms with Gasteiger partial charge in [0.15, 0.2) is 0 Å². The van der Waals surface area contributed by atoms with E-state index in [0.29, 0.717) is 0 Å². The monoisotopic (exact) mass is 206 g/mol. The van der Waals surface area contributed by atoms with Crippen molar-refractivity contribution in [2.75, 3.05) is 6.54 Å². The molecule has 2 nitrogen and oxygen atoms in total. The highest BCUT2D eigenvalue weighted by atomic mass is 14.9. The van der Waals surface area contributed by atoms with Crippen molar-refractivity contribution in [2.45, 2.75) is 46.1 Å². The predicted molar refractivity (Wildman–Crippen MR) is 65.1 cm³/mol. The third-order valence-corrected chi connectivity index (χ3v) is 2.37. The van der Waals surface area contributed by atoms with Crippen LogP contribution in [-0.2, 0) is 12.8 Å². The molecule has 0 amide bonds. The van der Waals surface area contributed by atoms with Gasteiger partial charge in [0, 0.05) is 17.4 Å². The molecule has 15 heavy (non-hydrogen) atoms. The Morgan fingerprint density at radius 1 is 1.33 bits per heavy atom. The lowest BCUT2D eigenvalue weighted by molar-refractivity contribution is 0.429. The summed E-state index contributed by atoms with van der Waals surface area (Å²) in [5.74, 6) is 0. The Hall–Kier alpha value is -0.890. The summed E-state index contributed by atoms with van der Waals surface area (Å²) in [4.78, 5) is 4.38. The van der Waals surface area contributed by atoms with Crippen molar-refractivity contribution in [2.24, 2.45) is 0 Å². The Labute approximate surface area is 93.1 Å². The summed E-state index contributed by atoms with van der Waals surface area (Å²) in [5, 5.41) is 3.49. The molecule has 1 aromatic rings. The van der Waals surface area contributed by atoms with Crippen molar-refractivity contribution in [3.05, 3.63) is 29.6 Å². The van der Waals surface area contributed by atoms with Gasteiger partial charge in [-0.1, -0.05) is 13.0 Å². The van der Waals surface area contributed by atoms with Crippen molar-refractivity contribution < 1.29 is 0 Å². The van der Waals surface area contributed by atoms with Crippen molar-refractivity contribution >= 4 is 0 Å². The molecule has 0 spiro atoms. The van der Waals surface area contributed by atoms with E-state index >= 15 is 0 Å². The molecule has 0 aromatic carbocycles. The second kappa shape index (κ2) is 5.26. The van der Waals surface area contributed by atoms with Crippen LogP contribution in [0.1, 0.15) is 39.0 Å². The molecule has 0 aliphatic carbocycles. The minimum Gasteiger partial charge on any atom is -0.312 e. The summed E-state index contributed by atoms with van der Waals surface area (Å²) >= 11 is 0. The fourth-order valence-corrected chi connectivity index (χ4v) is 1.59. The normalized spacial score (nSPS) is 11.7. The van der Waals surface area contributed by atoms with Crippen molar-refractivity contribution in [1.82, 2.24) is 10.3 Å². The average molecular weight is 206 g/mol. The SMILES string of the molecule is CCc1ncccc1CCNC(C)(C)C. The van der Waals surface area contributed by atoms with Crippen molar-refractivity contribution in [1.29, 1.82) is 0 Å². The van der Waals surface area contributed by atoms with E-state index in [0.717, 1.165) is 19.4 Å². The fourth-order valence-electron chi connectivity index (χ4n) is 1.59. The maximum Gasteiger partial charge on any atom is 0.0433 e. The maximum atomic E-state index is 4.38. The zero-order valence-electron chi connectivity index (χ0n) is 10.3. The van der Waals surface area contributed by atoms with E-state index in [2.05, 4.69) is 44.1 Å². The molecule has 1 N–H and O–H groups in total. The van der Waals surface area contributed by atoms with Gasteiger partial charge in [0.2, 0.25) is 0 Å². The Balaban J connectivity index is 2.50. The molecule has 0 fully saturated rings. The molecule has 0 aliphatic heterocycles. The van der Waals surface area contributed by atoms with Crippen LogP contribution >= 0.6 is 0 Å². The molecule has 84 valence electrons. The Morgan fingerprint density at radius 2 is 2.07 bits per heavy atom. The maximum absolute atomic E-state index is 4.38. The average Bonchev–Trinajstić information content (AvgIpc) is 2.16. The predicted octanol–water partition coefficient (Wildman–Crippen LogP) is 2.57. The number of nitrogens with zero attached hydrogens (tertiary/aromatic N) is 1. The van der Waals surface area contributed by atoms with Gasteiger partial charge >= 0.3 is 0 Å². The Bertz CT molecular complexity index is 300. The molecule has 0 bridgehead atoms. The van der Waals surface area contributed by atoms with Gasteiger partial charge in [0.25, 0.3) is 0 Å². The van der Waals surface area contributed by atoms with Gasteiger partial charge < -0.3 is 5.32 Å². The standard InChI is InChI=1S/C13H22N2/c1-5-12-11(7-6-9-14-12)8-10-15-13(2,3)4/h6-7,9,15H,5,8,10H2,1-4H3.